The average molecular weight is 551 g/mol. The Kier molecular flexibility index (Phi) is 13.1. The zero-order valence-electron chi connectivity index (χ0n) is 24.8. The molecule has 0 aliphatic carbocycles. The molecule has 0 saturated carbocycles. The van der Waals surface area contributed by atoms with Crippen LogP contribution in [0.2, 0.25) is 0 Å². The number of rotatable bonds is 16. The van der Waals surface area contributed by atoms with Crippen molar-refractivity contribution in [3.05, 3.63) is 47.5 Å². The number of ether oxygens (including phenoxy) is 4. The van der Waals surface area contributed by atoms with Crippen molar-refractivity contribution in [1.82, 2.24) is 0 Å². The lowest BCUT2D eigenvalue weighted by Gasteiger charge is -2.18. The van der Waals surface area contributed by atoms with Gasteiger partial charge in [0.25, 0.3) is 0 Å². The van der Waals surface area contributed by atoms with Gasteiger partial charge in [0.15, 0.2) is 0 Å². The number of hydrogen-bond acceptors (Lipinski definition) is 6. The summed E-state index contributed by atoms with van der Waals surface area (Å²) in [5.74, 6) is 0.825. The van der Waals surface area contributed by atoms with Gasteiger partial charge >= 0.3 is 12.3 Å². The normalized spacial score (nSPS) is 11.1. The van der Waals surface area contributed by atoms with E-state index in [0.29, 0.717) is 46.3 Å². The molecule has 3 rings (SSSR count). The van der Waals surface area contributed by atoms with Crippen LogP contribution in [0.3, 0.4) is 0 Å². The Hall–Kier alpha value is -3.28. The molecule has 0 aliphatic rings. The van der Waals surface area contributed by atoms with Gasteiger partial charge in [0.05, 0.1) is 13.2 Å². The van der Waals surface area contributed by atoms with Crippen molar-refractivity contribution in [2.45, 2.75) is 105 Å². The van der Waals surface area contributed by atoms with Crippen molar-refractivity contribution in [3.8, 4) is 11.5 Å². The van der Waals surface area contributed by atoms with Gasteiger partial charge < -0.3 is 18.9 Å². The van der Waals surface area contributed by atoms with Crippen molar-refractivity contribution in [1.29, 1.82) is 0 Å². The summed E-state index contributed by atoms with van der Waals surface area (Å²) in [4.78, 5) is 25.6. The van der Waals surface area contributed by atoms with E-state index in [1.54, 1.807) is 0 Å². The molecule has 0 heterocycles. The second-order valence-electron chi connectivity index (χ2n) is 10.3. The molecule has 0 fully saturated rings. The lowest BCUT2D eigenvalue weighted by molar-refractivity contribution is 0.0965. The zero-order valence-corrected chi connectivity index (χ0v) is 24.8. The molecule has 0 amide bonds. The van der Waals surface area contributed by atoms with Gasteiger partial charge in [0.1, 0.15) is 11.5 Å². The molecule has 3 aromatic rings. The first-order chi connectivity index (χ1) is 19.5. The molecule has 218 valence electrons. The first-order valence-corrected chi connectivity index (χ1v) is 15.2. The van der Waals surface area contributed by atoms with Crippen molar-refractivity contribution in [2.75, 3.05) is 13.2 Å². The highest BCUT2D eigenvalue weighted by molar-refractivity contribution is 6.12. The number of unbranched alkanes of at least 4 members (excludes halogenated alkanes) is 8. The van der Waals surface area contributed by atoms with Crippen LogP contribution < -0.4 is 9.47 Å². The smallest absolute Gasteiger partial charge is 0.434 e. The van der Waals surface area contributed by atoms with Crippen LogP contribution in [0.25, 0.3) is 21.5 Å². The maximum atomic E-state index is 12.8. The summed E-state index contributed by atoms with van der Waals surface area (Å²) in [6, 6.07) is 11.6. The van der Waals surface area contributed by atoms with Crippen LogP contribution in [0.5, 0.6) is 11.5 Å². The fourth-order valence-corrected chi connectivity index (χ4v) is 5.06. The van der Waals surface area contributed by atoms with E-state index in [4.69, 9.17) is 18.9 Å². The largest absolute Gasteiger partial charge is 0.513 e. The van der Waals surface area contributed by atoms with E-state index < -0.39 is 12.3 Å². The number of benzene rings is 3. The molecule has 0 N–H and O–H groups in total. The second-order valence-corrected chi connectivity index (χ2v) is 10.3. The second kappa shape index (κ2) is 16.7. The Balaban J connectivity index is 1.92. The number of carbonyl (C=O) groups excluding carboxylic acids is 2. The highest BCUT2D eigenvalue weighted by Gasteiger charge is 2.22. The molecule has 0 aromatic heterocycles. The molecule has 0 atom stereocenters. The first-order valence-electron chi connectivity index (χ1n) is 15.2. The number of fused-ring (bicyclic) bond motifs is 2. The number of hydrogen-bond donors (Lipinski definition) is 0. The Morgan fingerprint density at radius 1 is 0.550 bits per heavy atom. The fraction of sp³-hybridized carbons (Fsp3) is 0.529. The van der Waals surface area contributed by atoms with Gasteiger partial charge in [0.2, 0.25) is 0 Å². The van der Waals surface area contributed by atoms with Crippen molar-refractivity contribution in [3.63, 3.8) is 0 Å². The SMILES string of the molecule is CCCCCCCOC(=O)Oc1c2ccccc2c(OC(=O)OCCCCCCC)c2cc(CC)c(CC)cc12. The molecule has 0 radical (unpaired) electrons. The standard InChI is InChI=1S/C34H46O6/c1-5-9-11-13-17-21-37-33(35)39-31-27-19-15-16-20-28(27)32(40-34(36)38-22-18-14-12-10-6-2)30-24-26(8-4)25(7-3)23-29(30)31/h15-16,19-20,23-24H,5-14,17-18,21-22H2,1-4H3. The van der Waals surface area contributed by atoms with E-state index in [-0.39, 0.29) is 0 Å². The van der Waals surface area contributed by atoms with Crippen LogP contribution >= 0.6 is 0 Å². The molecule has 0 spiro atoms. The van der Waals surface area contributed by atoms with Gasteiger partial charge in [-0.25, -0.2) is 9.59 Å². The summed E-state index contributed by atoms with van der Waals surface area (Å²) in [5, 5.41) is 2.75. The predicted octanol–water partition coefficient (Wildman–Crippen LogP) is 10.1. The molecule has 0 aliphatic heterocycles. The van der Waals surface area contributed by atoms with Gasteiger partial charge in [-0.2, -0.15) is 0 Å². The first kappa shape index (κ1) is 31.3. The summed E-state index contributed by atoms with van der Waals surface area (Å²) in [5.41, 5.74) is 2.31. The van der Waals surface area contributed by atoms with Crippen molar-refractivity contribution in [2.24, 2.45) is 0 Å². The molecular weight excluding hydrogens is 504 g/mol. The van der Waals surface area contributed by atoms with Gasteiger partial charge in [-0.05, 0) is 48.9 Å². The number of aryl methyl sites for hydroxylation is 2. The minimum Gasteiger partial charge on any atom is -0.434 e. The van der Waals surface area contributed by atoms with Gasteiger partial charge in [0, 0.05) is 21.5 Å². The maximum absolute atomic E-state index is 12.8. The lowest BCUT2D eigenvalue weighted by atomic mass is 9.94. The highest BCUT2D eigenvalue weighted by Crippen LogP contribution is 2.44. The van der Waals surface area contributed by atoms with Gasteiger partial charge in [-0.1, -0.05) is 103 Å². The molecule has 6 nitrogen and oxygen atoms in total. The molecule has 0 saturated heterocycles. The summed E-state index contributed by atoms with van der Waals surface area (Å²) in [7, 11) is 0. The third-order valence-electron chi connectivity index (χ3n) is 7.31. The molecule has 0 bridgehead atoms. The summed E-state index contributed by atoms with van der Waals surface area (Å²) in [6.45, 7) is 9.19. The molecule has 3 aromatic carbocycles. The van der Waals surface area contributed by atoms with E-state index in [1.807, 2.05) is 36.4 Å². The lowest BCUT2D eigenvalue weighted by Crippen LogP contribution is -2.14. The van der Waals surface area contributed by atoms with Crippen molar-refractivity contribution >= 4 is 33.9 Å². The van der Waals surface area contributed by atoms with Gasteiger partial charge in [-0.3, -0.25) is 0 Å². The minimum absolute atomic E-state index is 0.323. The third-order valence-corrected chi connectivity index (χ3v) is 7.31. The fourth-order valence-electron chi connectivity index (χ4n) is 5.06. The van der Waals surface area contributed by atoms with Crippen LogP contribution in [0, 0.1) is 0 Å². The van der Waals surface area contributed by atoms with E-state index in [2.05, 4.69) is 27.7 Å². The van der Waals surface area contributed by atoms with Crippen LogP contribution in [-0.4, -0.2) is 25.5 Å². The van der Waals surface area contributed by atoms with E-state index in [0.717, 1.165) is 62.5 Å². The topological polar surface area (TPSA) is 71.1 Å². The monoisotopic (exact) mass is 550 g/mol. The van der Waals surface area contributed by atoms with Crippen LogP contribution in [0.15, 0.2) is 36.4 Å². The highest BCUT2D eigenvalue weighted by atomic mass is 16.7. The van der Waals surface area contributed by atoms with Crippen LogP contribution in [0.4, 0.5) is 9.59 Å². The third kappa shape index (κ3) is 8.61. The summed E-state index contributed by atoms with van der Waals surface area (Å²) in [6.07, 6.45) is 10.8. The van der Waals surface area contributed by atoms with Crippen LogP contribution in [0.1, 0.15) is 103 Å². The average Bonchev–Trinajstić information content (AvgIpc) is 2.97. The molecule has 6 heteroatoms. The van der Waals surface area contributed by atoms with E-state index in [9.17, 15) is 9.59 Å². The zero-order chi connectivity index (χ0) is 28.7. The maximum Gasteiger partial charge on any atom is 0.513 e. The minimum atomic E-state index is -0.726. The summed E-state index contributed by atoms with van der Waals surface area (Å²) >= 11 is 0. The van der Waals surface area contributed by atoms with E-state index in [1.165, 1.54) is 25.7 Å². The van der Waals surface area contributed by atoms with Crippen LogP contribution in [-0.2, 0) is 22.3 Å². The summed E-state index contributed by atoms with van der Waals surface area (Å²) < 4.78 is 22.6. The van der Waals surface area contributed by atoms with E-state index >= 15 is 0 Å². The molecule has 40 heavy (non-hydrogen) atoms. The molecule has 0 unspecified atom stereocenters. The van der Waals surface area contributed by atoms with Crippen molar-refractivity contribution < 1.29 is 28.5 Å². The Labute approximate surface area is 239 Å². The molecular formula is C34H46O6. The predicted molar refractivity (Wildman–Crippen MR) is 162 cm³/mol. The quantitative estimate of drug-likeness (QED) is 0.0765. The Morgan fingerprint density at radius 3 is 1.32 bits per heavy atom. The Morgan fingerprint density at radius 2 is 0.950 bits per heavy atom. The number of carbonyl (C=O) groups is 2. The van der Waals surface area contributed by atoms with Gasteiger partial charge in [-0.15, -0.1) is 0 Å². The Bertz CT molecular complexity index is 1150.